The molecule has 1 saturated heterocycles. The summed E-state index contributed by atoms with van der Waals surface area (Å²) in [6.45, 7) is 0.280. The Morgan fingerprint density at radius 3 is 2.74 bits per heavy atom. The number of carboxylic acids is 1. The van der Waals surface area contributed by atoms with Gasteiger partial charge in [0.05, 0.1) is 31.3 Å². The van der Waals surface area contributed by atoms with Crippen LogP contribution in [0.5, 0.6) is 5.75 Å². The Balaban J connectivity index is 1.60. The molecule has 9 nitrogen and oxygen atoms in total. The predicted molar refractivity (Wildman–Crippen MR) is 132 cm³/mol. The van der Waals surface area contributed by atoms with E-state index in [1.165, 1.54) is 36.2 Å². The molecule has 12 heteroatoms. The second-order valence-electron chi connectivity index (χ2n) is 9.12. The number of alkyl halides is 2. The number of carboxylic acid groups (broad SMARTS) is 1. The van der Waals surface area contributed by atoms with Crippen LogP contribution in [0.1, 0.15) is 36.2 Å². The first-order chi connectivity index (χ1) is 18.2. The zero-order valence-corrected chi connectivity index (χ0v) is 20.7. The van der Waals surface area contributed by atoms with Gasteiger partial charge in [-0.2, -0.15) is 5.10 Å². The van der Waals surface area contributed by atoms with Gasteiger partial charge in [0.15, 0.2) is 11.5 Å². The molecule has 2 aromatic heterocycles. The molecule has 1 fully saturated rings. The van der Waals surface area contributed by atoms with E-state index >= 15 is 0 Å². The molecule has 0 saturated carbocycles. The number of benzene rings is 1. The molecule has 0 aliphatic carbocycles. The van der Waals surface area contributed by atoms with Crippen LogP contribution < -0.4 is 10.1 Å². The lowest BCUT2D eigenvalue weighted by Crippen LogP contribution is -2.45. The van der Waals surface area contributed by atoms with Crippen LogP contribution in [0.15, 0.2) is 48.7 Å². The highest BCUT2D eigenvalue weighted by molar-refractivity contribution is 5.94. The third-order valence-electron chi connectivity index (χ3n) is 6.28. The topological polar surface area (TPSA) is 110 Å². The Labute approximate surface area is 217 Å². The van der Waals surface area contributed by atoms with Crippen LogP contribution in [0.3, 0.4) is 0 Å². The third kappa shape index (κ3) is 6.49. The minimum atomic E-state index is -2.79. The first kappa shape index (κ1) is 27.1. The first-order valence-corrected chi connectivity index (χ1v) is 12.1. The summed E-state index contributed by atoms with van der Waals surface area (Å²) in [5.74, 6) is -4.68. The van der Waals surface area contributed by atoms with E-state index in [1.54, 1.807) is 29.2 Å². The van der Waals surface area contributed by atoms with Crippen molar-refractivity contribution in [1.29, 1.82) is 0 Å². The smallest absolute Gasteiger partial charge is 0.305 e. The number of likely N-dealkylation sites (tertiary alicyclic amines) is 1. The van der Waals surface area contributed by atoms with E-state index in [0.29, 0.717) is 18.8 Å². The molecule has 2 N–H and O–H groups in total. The third-order valence-corrected chi connectivity index (χ3v) is 6.28. The van der Waals surface area contributed by atoms with Crippen LogP contribution in [-0.4, -0.2) is 75.4 Å². The molecule has 202 valence electrons. The molecule has 1 amide bonds. The first-order valence-electron chi connectivity index (χ1n) is 12.1. The van der Waals surface area contributed by atoms with E-state index in [-0.39, 0.29) is 42.1 Å². The maximum Gasteiger partial charge on any atom is 0.305 e. The second kappa shape index (κ2) is 11.6. The molecule has 0 bridgehead atoms. The van der Waals surface area contributed by atoms with Crippen molar-refractivity contribution in [1.82, 2.24) is 25.0 Å². The number of aromatic nitrogens is 3. The van der Waals surface area contributed by atoms with Gasteiger partial charge in [0.2, 0.25) is 0 Å². The summed E-state index contributed by atoms with van der Waals surface area (Å²) >= 11 is 0. The van der Waals surface area contributed by atoms with Gasteiger partial charge in [0.1, 0.15) is 11.6 Å². The summed E-state index contributed by atoms with van der Waals surface area (Å²) in [6, 6.07) is 9.88. The quantitative estimate of drug-likeness (QED) is 0.410. The van der Waals surface area contributed by atoms with Crippen molar-refractivity contribution in [2.75, 3.05) is 26.7 Å². The molecule has 3 heterocycles. The Bertz CT molecular complexity index is 1290. The Morgan fingerprint density at radius 1 is 1.24 bits per heavy atom. The number of hydrogen-bond donors (Lipinski definition) is 2. The van der Waals surface area contributed by atoms with Crippen LogP contribution >= 0.6 is 0 Å². The van der Waals surface area contributed by atoms with Gasteiger partial charge in [-0.25, -0.2) is 22.8 Å². The minimum absolute atomic E-state index is 0.0697. The highest BCUT2D eigenvalue weighted by atomic mass is 19.3. The molecule has 1 aromatic carbocycles. The summed E-state index contributed by atoms with van der Waals surface area (Å²) in [5, 5.41) is 16.3. The zero-order chi connectivity index (χ0) is 27.3. The molecular formula is C26H28F3N5O4. The van der Waals surface area contributed by atoms with Gasteiger partial charge in [-0.15, -0.1) is 0 Å². The van der Waals surface area contributed by atoms with Gasteiger partial charge >= 0.3 is 5.97 Å². The number of nitrogens with one attached hydrogen (secondary N) is 1. The highest BCUT2D eigenvalue weighted by Gasteiger charge is 2.35. The number of methoxy groups -OCH3 is 1. The molecule has 0 radical (unpaired) electrons. The number of carbonyl (C=O) groups excluding carboxylic acids is 1. The van der Waals surface area contributed by atoms with Gasteiger partial charge in [-0.3, -0.25) is 14.5 Å². The predicted octanol–water partition coefficient (Wildman–Crippen LogP) is 3.78. The minimum Gasteiger partial charge on any atom is -0.496 e. The number of ether oxygens (including phenoxy) is 1. The van der Waals surface area contributed by atoms with E-state index in [9.17, 15) is 27.9 Å². The van der Waals surface area contributed by atoms with Gasteiger partial charge in [0, 0.05) is 25.2 Å². The Morgan fingerprint density at radius 2 is 2.05 bits per heavy atom. The van der Waals surface area contributed by atoms with E-state index in [2.05, 4.69) is 15.4 Å². The summed E-state index contributed by atoms with van der Waals surface area (Å²) in [6.07, 6.45) is 1.45. The van der Waals surface area contributed by atoms with Crippen molar-refractivity contribution in [3.05, 3.63) is 60.2 Å². The second-order valence-corrected chi connectivity index (χ2v) is 9.12. The number of nitrogens with zero attached hydrogens (tertiary/aromatic N) is 4. The van der Waals surface area contributed by atoms with Crippen molar-refractivity contribution in [3.63, 3.8) is 0 Å². The van der Waals surface area contributed by atoms with Crippen molar-refractivity contribution >= 4 is 11.9 Å². The number of hydrogen-bond acceptors (Lipinski definition) is 6. The average Bonchev–Trinajstić information content (AvgIpc) is 3.32. The number of rotatable bonds is 10. The number of halogens is 3. The summed E-state index contributed by atoms with van der Waals surface area (Å²) in [5.41, 5.74) is 0.172. The van der Waals surface area contributed by atoms with Crippen molar-refractivity contribution in [2.24, 2.45) is 0 Å². The summed E-state index contributed by atoms with van der Waals surface area (Å²) < 4.78 is 49.1. The monoisotopic (exact) mass is 531 g/mol. The van der Waals surface area contributed by atoms with Crippen LogP contribution in [0.4, 0.5) is 13.2 Å². The van der Waals surface area contributed by atoms with Gasteiger partial charge in [-0.05, 0) is 49.7 Å². The number of amides is 1. The zero-order valence-electron chi connectivity index (χ0n) is 20.7. The fraction of sp³-hybridized carbons (Fsp3) is 0.385. The van der Waals surface area contributed by atoms with Crippen LogP contribution in [0, 0.1) is 5.82 Å². The van der Waals surface area contributed by atoms with E-state index < -0.39 is 42.6 Å². The molecule has 38 heavy (non-hydrogen) atoms. The van der Waals surface area contributed by atoms with Crippen molar-refractivity contribution < 1.29 is 32.6 Å². The molecule has 1 aliphatic rings. The molecule has 3 aromatic rings. The molecule has 0 unspecified atom stereocenters. The van der Waals surface area contributed by atoms with Gasteiger partial charge < -0.3 is 15.2 Å². The standard InChI is InChI=1S/C26H28F3N5O4/c1-38-21-7-4-6-18(27)24(21)20-15-19(32-34(20)22-8-2-3-11-30-22)25(37)31-17(14-23(35)36)9-13-33-12-5-10-26(28,29)16-33/h2-4,6-8,11,15,17H,5,9-10,12-14,16H2,1H3,(H,31,37)(H,35,36)/t17-/m0/s1. The van der Waals surface area contributed by atoms with Crippen LogP contribution in [0.2, 0.25) is 0 Å². The number of aliphatic carboxylic acids is 1. The normalized spacial score (nSPS) is 16.1. The Hall–Kier alpha value is -3.93. The fourth-order valence-electron chi connectivity index (χ4n) is 4.52. The van der Waals surface area contributed by atoms with Gasteiger partial charge in [-0.1, -0.05) is 12.1 Å². The fourth-order valence-corrected chi connectivity index (χ4v) is 4.52. The molecule has 1 aliphatic heterocycles. The SMILES string of the molecule is COc1cccc(F)c1-c1cc(C(=O)N[C@@H](CCN2CCCC(F)(F)C2)CC(=O)O)nn1-c1ccccn1. The van der Waals surface area contributed by atoms with E-state index in [1.807, 2.05) is 0 Å². The maximum atomic E-state index is 14.9. The van der Waals surface area contributed by atoms with Crippen molar-refractivity contribution in [2.45, 2.75) is 37.6 Å². The van der Waals surface area contributed by atoms with E-state index in [4.69, 9.17) is 4.74 Å². The lowest BCUT2D eigenvalue weighted by atomic mass is 10.1. The molecule has 4 rings (SSSR count). The van der Waals surface area contributed by atoms with Crippen LogP contribution in [0.25, 0.3) is 17.1 Å². The maximum absolute atomic E-state index is 14.9. The molecular weight excluding hydrogens is 503 g/mol. The van der Waals surface area contributed by atoms with Crippen molar-refractivity contribution in [3.8, 4) is 22.8 Å². The summed E-state index contributed by atoms with van der Waals surface area (Å²) in [7, 11) is 1.39. The summed E-state index contributed by atoms with van der Waals surface area (Å²) in [4.78, 5) is 30.5. The number of piperidine rings is 1. The average molecular weight is 532 g/mol. The van der Waals surface area contributed by atoms with Gasteiger partial charge in [0.25, 0.3) is 11.8 Å². The Kier molecular flexibility index (Phi) is 8.30. The number of carbonyl (C=O) groups is 2. The lowest BCUT2D eigenvalue weighted by Gasteiger charge is -2.33. The van der Waals surface area contributed by atoms with E-state index in [0.717, 1.165) is 0 Å². The number of pyridine rings is 1. The molecule has 0 spiro atoms. The lowest BCUT2D eigenvalue weighted by molar-refractivity contribution is -0.137. The van der Waals surface area contributed by atoms with Crippen LogP contribution in [-0.2, 0) is 4.79 Å². The molecule has 1 atom stereocenters. The largest absolute Gasteiger partial charge is 0.496 e. The highest BCUT2D eigenvalue weighted by Crippen LogP contribution is 2.34.